The van der Waals surface area contributed by atoms with Crippen LogP contribution in [0.15, 0.2) is 24.3 Å². The summed E-state index contributed by atoms with van der Waals surface area (Å²) in [4.78, 5) is 5.21. The molecule has 2 fully saturated rings. The average molecular weight is 273 g/mol. The number of nitrogens with two attached hydrogens (primary N) is 1. The summed E-state index contributed by atoms with van der Waals surface area (Å²) in [5.74, 6) is 0. The molecule has 2 unspecified atom stereocenters. The molecule has 20 heavy (non-hydrogen) atoms. The molecule has 3 heteroatoms. The fourth-order valence-electron chi connectivity index (χ4n) is 3.55. The summed E-state index contributed by atoms with van der Waals surface area (Å²) < 4.78 is 0. The first-order valence-electron chi connectivity index (χ1n) is 8.12. The van der Waals surface area contributed by atoms with E-state index in [9.17, 15) is 0 Å². The summed E-state index contributed by atoms with van der Waals surface area (Å²) in [5, 5.41) is 0. The fraction of sp³-hybridized carbons (Fsp3) is 0.647. The minimum absolute atomic E-state index is 0.181. The Morgan fingerprint density at radius 3 is 2.50 bits per heavy atom. The van der Waals surface area contributed by atoms with Gasteiger partial charge in [0.25, 0.3) is 0 Å². The highest BCUT2D eigenvalue weighted by molar-refractivity contribution is 5.49. The minimum atomic E-state index is 0.181. The van der Waals surface area contributed by atoms with Crippen LogP contribution < -0.4 is 10.6 Å². The molecular formula is C17H27N3. The van der Waals surface area contributed by atoms with E-state index in [2.05, 4.69) is 41.0 Å². The second-order valence-electron chi connectivity index (χ2n) is 6.24. The van der Waals surface area contributed by atoms with Gasteiger partial charge in [0.15, 0.2) is 0 Å². The lowest BCUT2D eigenvalue weighted by atomic mass is 10.1. The molecule has 3 rings (SSSR count). The van der Waals surface area contributed by atoms with Gasteiger partial charge in [-0.25, -0.2) is 0 Å². The number of anilines is 1. The van der Waals surface area contributed by atoms with Crippen molar-refractivity contribution in [3.05, 3.63) is 29.8 Å². The van der Waals surface area contributed by atoms with Gasteiger partial charge in [0.05, 0.1) is 0 Å². The van der Waals surface area contributed by atoms with Crippen LogP contribution in [-0.4, -0.2) is 37.1 Å². The van der Waals surface area contributed by atoms with E-state index in [-0.39, 0.29) is 6.04 Å². The van der Waals surface area contributed by atoms with E-state index in [0.717, 1.165) is 12.5 Å². The number of nitrogens with zero attached hydrogens (tertiary/aromatic N) is 2. The molecule has 0 amide bonds. The smallest absolute Gasteiger partial charge is 0.0366 e. The summed E-state index contributed by atoms with van der Waals surface area (Å²) in [6.45, 7) is 7.14. The second kappa shape index (κ2) is 6.15. The Kier molecular flexibility index (Phi) is 4.27. The predicted octanol–water partition coefficient (Wildman–Crippen LogP) is 2.77. The van der Waals surface area contributed by atoms with Gasteiger partial charge in [-0.05, 0) is 56.5 Å². The Morgan fingerprint density at radius 1 is 1.15 bits per heavy atom. The largest absolute Gasteiger partial charge is 0.370 e. The van der Waals surface area contributed by atoms with Crippen LogP contribution in [0.5, 0.6) is 0 Å². The van der Waals surface area contributed by atoms with Crippen LogP contribution in [-0.2, 0) is 0 Å². The van der Waals surface area contributed by atoms with E-state index in [4.69, 9.17) is 5.73 Å². The van der Waals surface area contributed by atoms with Crippen LogP contribution >= 0.6 is 0 Å². The Bertz CT molecular complexity index is 422. The number of benzene rings is 1. The maximum Gasteiger partial charge on any atom is 0.0366 e. The Hall–Kier alpha value is -1.06. The van der Waals surface area contributed by atoms with Crippen LogP contribution in [0.25, 0.3) is 0 Å². The van der Waals surface area contributed by atoms with Gasteiger partial charge in [0, 0.05) is 30.9 Å². The number of hydrogen-bond acceptors (Lipinski definition) is 3. The van der Waals surface area contributed by atoms with Gasteiger partial charge in [-0.15, -0.1) is 0 Å². The molecule has 2 aliphatic heterocycles. The zero-order chi connectivity index (χ0) is 13.9. The standard InChI is InChI=1S/C17H27N3/c1-2-17(18)14-5-7-15(8-6-14)20-12-9-16(13-20)19-10-3-4-11-19/h5-8,16-17H,2-4,9-13,18H2,1H3. The highest BCUT2D eigenvalue weighted by Crippen LogP contribution is 2.26. The molecule has 2 N–H and O–H groups in total. The third kappa shape index (κ3) is 2.84. The molecular weight excluding hydrogens is 246 g/mol. The van der Waals surface area contributed by atoms with Crippen molar-refractivity contribution in [3.8, 4) is 0 Å². The van der Waals surface area contributed by atoms with Gasteiger partial charge in [-0.3, -0.25) is 4.90 Å². The molecule has 2 aliphatic rings. The summed E-state index contributed by atoms with van der Waals surface area (Å²) >= 11 is 0. The summed E-state index contributed by atoms with van der Waals surface area (Å²) in [6.07, 6.45) is 5.09. The number of hydrogen-bond donors (Lipinski definition) is 1. The zero-order valence-electron chi connectivity index (χ0n) is 12.6. The van der Waals surface area contributed by atoms with Crippen molar-refractivity contribution >= 4 is 5.69 Å². The third-order valence-corrected chi connectivity index (χ3v) is 4.95. The molecule has 0 radical (unpaired) electrons. The molecule has 110 valence electrons. The topological polar surface area (TPSA) is 32.5 Å². The highest BCUT2D eigenvalue weighted by atomic mass is 15.3. The first kappa shape index (κ1) is 13.9. The van der Waals surface area contributed by atoms with E-state index in [1.165, 1.54) is 56.7 Å². The first-order chi connectivity index (χ1) is 9.78. The summed E-state index contributed by atoms with van der Waals surface area (Å²) in [5.41, 5.74) is 8.70. The van der Waals surface area contributed by atoms with Crippen molar-refractivity contribution in [2.75, 3.05) is 31.1 Å². The molecule has 0 aliphatic carbocycles. The van der Waals surface area contributed by atoms with E-state index >= 15 is 0 Å². The lowest BCUT2D eigenvalue weighted by Crippen LogP contribution is -2.35. The molecule has 0 spiro atoms. The highest BCUT2D eigenvalue weighted by Gasteiger charge is 2.29. The molecule has 1 aromatic rings. The maximum atomic E-state index is 6.08. The Balaban J connectivity index is 1.62. The monoisotopic (exact) mass is 273 g/mol. The molecule has 2 saturated heterocycles. The second-order valence-corrected chi connectivity index (χ2v) is 6.24. The maximum absolute atomic E-state index is 6.08. The quantitative estimate of drug-likeness (QED) is 0.915. The average Bonchev–Trinajstić information content (AvgIpc) is 3.17. The van der Waals surface area contributed by atoms with Gasteiger partial charge in [0.1, 0.15) is 0 Å². The molecule has 2 atom stereocenters. The lowest BCUT2D eigenvalue weighted by molar-refractivity contribution is 0.260. The molecule has 2 heterocycles. The van der Waals surface area contributed by atoms with E-state index < -0.39 is 0 Å². The van der Waals surface area contributed by atoms with Crippen molar-refractivity contribution < 1.29 is 0 Å². The van der Waals surface area contributed by atoms with Gasteiger partial charge in [-0.2, -0.15) is 0 Å². The normalized spacial score (nSPS) is 25.3. The van der Waals surface area contributed by atoms with E-state index in [0.29, 0.717) is 0 Å². The van der Waals surface area contributed by atoms with Crippen LogP contribution in [0.1, 0.15) is 44.2 Å². The fourth-order valence-corrected chi connectivity index (χ4v) is 3.55. The van der Waals surface area contributed by atoms with E-state index in [1.807, 2.05) is 0 Å². The lowest BCUT2D eigenvalue weighted by Gasteiger charge is -2.24. The number of rotatable bonds is 4. The predicted molar refractivity (Wildman–Crippen MR) is 85.1 cm³/mol. The van der Waals surface area contributed by atoms with Gasteiger partial charge < -0.3 is 10.6 Å². The van der Waals surface area contributed by atoms with Crippen LogP contribution in [0, 0.1) is 0 Å². The zero-order valence-corrected chi connectivity index (χ0v) is 12.6. The van der Waals surface area contributed by atoms with Crippen molar-refractivity contribution in [2.45, 2.75) is 44.7 Å². The summed E-state index contributed by atoms with van der Waals surface area (Å²) in [7, 11) is 0. The van der Waals surface area contributed by atoms with Crippen molar-refractivity contribution in [3.63, 3.8) is 0 Å². The van der Waals surface area contributed by atoms with Crippen LogP contribution in [0.3, 0.4) is 0 Å². The number of likely N-dealkylation sites (tertiary alicyclic amines) is 1. The Labute approximate surface area is 122 Å². The van der Waals surface area contributed by atoms with Crippen molar-refractivity contribution in [1.82, 2.24) is 4.90 Å². The van der Waals surface area contributed by atoms with Crippen LogP contribution in [0.2, 0.25) is 0 Å². The van der Waals surface area contributed by atoms with Crippen molar-refractivity contribution in [2.24, 2.45) is 5.73 Å². The Morgan fingerprint density at radius 2 is 1.85 bits per heavy atom. The molecule has 3 nitrogen and oxygen atoms in total. The van der Waals surface area contributed by atoms with Gasteiger partial charge >= 0.3 is 0 Å². The van der Waals surface area contributed by atoms with Crippen molar-refractivity contribution in [1.29, 1.82) is 0 Å². The summed E-state index contributed by atoms with van der Waals surface area (Å²) in [6, 6.07) is 9.85. The molecule has 0 saturated carbocycles. The molecule has 0 bridgehead atoms. The van der Waals surface area contributed by atoms with Gasteiger partial charge in [0.2, 0.25) is 0 Å². The SMILES string of the molecule is CCC(N)c1ccc(N2CCC(N3CCCC3)C2)cc1. The minimum Gasteiger partial charge on any atom is -0.370 e. The van der Waals surface area contributed by atoms with E-state index in [1.54, 1.807) is 0 Å². The van der Waals surface area contributed by atoms with Crippen LogP contribution in [0.4, 0.5) is 5.69 Å². The molecule has 0 aromatic heterocycles. The first-order valence-corrected chi connectivity index (χ1v) is 8.12. The molecule has 1 aromatic carbocycles. The van der Waals surface area contributed by atoms with Gasteiger partial charge in [-0.1, -0.05) is 19.1 Å². The third-order valence-electron chi connectivity index (χ3n) is 4.95.